The number of furan rings is 1. The maximum absolute atomic E-state index is 13.3. The van der Waals surface area contributed by atoms with E-state index in [0.717, 1.165) is 22.5 Å². The molecule has 3 aromatic rings. The summed E-state index contributed by atoms with van der Waals surface area (Å²) in [5, 5.41) is 3.98. The first-order chi connectivity index (χ1) is 10.2. The van der Waals surface area contributed by atoms with E-state index in [1.54, 1.807) is 13.2 Å². The molecule has 4 heteroatoms. The van der Waals surface area contributed by atoms with Gasteiger partial charge in [-0.2, -0.15) is 0 Å². The predicted octanol–water partition coefficient (Wildman–Crippen LogP) is 3.89. The number of methoxy groups -OCH3 is 1. The van der Waals surface area contributed by atoms with Crippen LogP contribution in [0, 0.1) is 5.82 Å². The number of benzene rings is 2. The molecule has 0 aliphatic carbocycles. The van der Waals surface area contributed by atoms with Crippen molar-refractivity contribution in [2.75, 3.05) is 14.2 Å². The molecule has 1 heterocycles. The van der Waals surface area contributed by atoms with Gasteiger partial charge in [0.2, 0.25) is 0 Å². The van der Waals surface area contributed by atoms with Gasteiger partial charge in [0, 0.05) is 5.39 Å². The number of hydrogen-bond donors (Lipinski definition) is 1. The van der Waals surface area contributed by atoms with Crippen LogP contribution in [0.15, 0.2) is 52.9 Å². The van der Waals surface area contributed by atoms with E-state index in [-0.39, 0.29) is 11.9 Å². The summed E-state index contributed by atoms with van der Waals surface area (Å²) in [5.74, 6) is 1.26. The summed E-state index contributed by atoms with van der Waals surface area (Å²) in [6.07, 6.45) is 0. The molecule has 1 atom stereocenters. The van der Waals surface area contributed by atoms with E-state index in [1.165, 1.54) is 12.1 Å². The van der Waals surface area contributed by atoms with E-state index < -0.39 is 0 Å². The summed E-state index contributed by atoms with van der Waals surface area (Å²) in [4.78, 5) is 0. The lowest BCUT2D eigenvalue weighted by Crippen LogP contribution is -2.16. The molecule has 1 aromatic heterocycles. The Balaban J connectivity index is 2.04. The second-order valence-corrected chi connectivity index (χ2v) is 4.83. The van der Waals surface area contributed by atoms with Crippen LogP contribution in [0.1, 0.15) is 17.4 Å². The number of hydrogen-bond acceptors (Lipinski definition) is 3. The highest BCUT2D eigenvalue weighted by Gasteiger charge is 2.17. The average Bonchev–Trinajstić information content (AvgIpc) is 2.91. The quantitative estimate of drug-likeness (QED) is 0.789. The SMILES string of the molecule is CNC(c1cccc(OC)c1)c1cc2cc(F)ccc2o1. The Morgan fingerprint density at radius 2 is 2.00 bits per heavy atom. The Labute approximate surface area is 122 Å². The molecule has 2 aromatic carbocycles. The second kappa shape index (κ2) is 5.58. The van der Waals surface area contributed by atoms with Gasteiger partial charge in [0.15, 0.2) is 0 Å². The molecule has 0 saturated heterocycles. The smallest absolute Gasteiger partial charge is 0.134 e. The molecule has 0 spiro atoms. The van der Waals surface area contributed by atoms with E-state index in [1.807, 2.05) is 37.4 Å². The van der Waals surface area contributed by atoms with E-state index in [2.05, 4.69) is 5.32 Å². The van der Waals surface area contributed by atoms with Gasteiger partial charge in [-0.3, -0.25) is 0 Å². The summed E-state index contributed by atoms with van der Waals surface area (Å²) in [5.41, 5.74) is 1.70. The molecule has 1 unspecified atom stereocenters. The van der Waals surface area contributed by atoms with Gasteiger partial charge in [0.05, 0.1) is 13.2 Å². The van der Waals surface area contributed by atoms with Crippen molar-refractivity contribution in [2.24, 2.45) is 0 Å². The lowest BCUT2D eigenvalue weighted by atomic mass is 10.0. The highest BCUT2D eigenvalue weighted by molar-refractivity contribution is 5.78. The first-order valence-electron chi connectivity index (χ1n) is 6.71. The molecule has 0 bridgehead atoms. The van der Waals surface area contributed by atoms with Crippen LogP contribution < -0.4 is 10.1 Å². The van der Waals surface area contributed by atoms with E-state index in [4.69, 9.17) is 9.15 Å². The standard InChI is InChI=1S/C17H16FNO2/c1-19-17(11-4-3-5-14(9-11)20-2)16-10-12-8-13(18)6-7-15(12)21-16/h3-10,17,19H,1-2H3. The van der Waals surface area contributed by atoms with Gasteiger partial charge in [-0.25, -0.2) is 4.39 Å². The van der Waals surface area contributed by atoms with Crippen molar-refractivity contribution in [1.82, 2.24) is 5.32 Å². The van der Waals surface area contributed by atoms with Crippen molar-refractivity contribution in [1.29, 1.82) is 0 Å². The fourth-order valence-electron chi connectivity index (χ4n) is 2.47. The largest absolute Gasteiger partial charge is 0.497 e. The third-order valence-corrected chi connectivity index (χ3v) is 3.50. The zero-order valence-corrected chi connectivity index (χ0v) is 11.9. The fraction of sp³-hybridized carbons (Fsp3) is 0.176. The normalized spacial score (nSPS) is 12.5. The van der Waals surface area contributed by atoms with Crippen molar-refractivity contribution in [3.8, 4) is 5.75 Å². The van der Waals surface area contributed by atoms with Crippen molar-refractivity contribution < 1.29 is 13.5 Å². The van der Waals surface area contributed by atoms with Crippen molar-refractivity contribution >= 4 is 11.0 Å². The van der Waals surface area contributed by atoms with Crippen LogP contribution in [0.2, 0.25) is 0 Å². The third kappa shape index (κ3) is 2.62. The van der Waals surface area contributed by atoms with E-state index in [9.17, 15) is 4.39 Å². The van der Waals surface area contributed by atoms with E-state index in [0.29, 0.717) is 5.58 Å². The highest BCUT2D eigenvalue weighted by Crippen LogP contribution is 2.30. The van der Waals surface area contributed by atoms with Gasteiger partial charge in [-0.1, -0.05) is 12.1 Å². The lowest BCUT2D eigenvalue weighted by Gasteiger charge is -2.14. The van der Waals surface area contributed by atoms with Gasteiger partial charge in [-0.05, 0) is 49.0 Å². The molecule has 0 aliphatic rings. The van der Waals surface area contributed by atoms with Gasteiger partial charge in [0.1, 0.15) is 22.9 Å². The third-order valence-electron chi connectivity index (χ3n) is 3.50. The summed E-state index contributed by atoms with van der Waals surface area (Å²) in [7, 11) is 3.50. The Hall–Kier alpha value is -2.33. The summed E-state index contributed by atoms with van der Waals surface area (Å²) in [6.45, 7) is 0. The number of nitrogens with one attached hydrogen (secondary N) is 1. The molecule has 1 N–H and O–H groups in total. The lowest BCUT2D eigenvalue weighted by molar-refractivity contribution is 0.413. The van der Waals surface area contributed by atoms with Crippen molar-refractivity contribution in [3.05, 3.63) is 65.7 Å². The molecule has 0 saturated carbocycles. The summed E-state index contributed by atoms with van der Waals surface area (Å²) < 4.78 is 24.4. The number of rotatable bonds is 4. The first kappa shape index (κ1) is 13.6. The topological polar surface area (TPSA) is 34.4 Å². The van der Waals surface area contributed by atoms with Gasteiger partial charge < -0.3 is 14.5 Å². The summed E-state index contributed by atoms with van der Waals surface area (Å²) in [6, 6.07) is 14.0. The number of ether oxygens (including phenoxy) is 1. The Bertz CT molecular complexity index is 766. The fourth-order valence-corrected chi connectivity index (χ4v) is 2.47. The van der Waals surface area contributed by atoms with Crippen LogP contribution in [0.3, 0.4) is 0 Å². The molecule has 21 heavy (non-hydrogen) atoms. The van der Waals surface area contributed by atoms with Crippen LogP contribution in [0.5, 0.6) is 5.75 Å². The minimum Gasteiger partial charge on any atom is -0.497 e. The molecule has 108 valence electrons. The zero-order chi connectivity index (χ0) is 14.8. The molecule has 0 radical (unpaired) electrons. The average molecular weight is 285 g/mol. The summed E-state index contributed by atoms with van der Waals surface area (Å²) >= 11 is 0. The second-order valence-electron chi connectivity index (χ2n) is 4.83. The molecule has 0 amide bonds. The maximum Gasteiger partial charge on any atom is 0.134 e. The predicted molar refractivity (Wildman–Crippen MR) is 80.1 cm³/mol. The van der Waals surface area contributed by atoms with Crippen LogP contribution in [-0.2, 0) is 0 Å². The minimum atomic E-state index is -0.266. The molecule has 3 rings (SSSR count). The van der Waals surface area contributed by atoms with Crippen LogP contribution in [0.25, 0.3) is 11.0 Å². The van der Waals surface area contributed by atoms with Crippen LogP contribution >= 0.6 is 0 Å². The van der Waals surface area contributed by atoms with Gasteiger partial charge in [-0.15, -0.1) is 0 Å². The monoisotopic (exact) mass is 285 g/mol. The Kier molecular flexibility index (Phi) is 3.62. The molecule has 3 nitrogen and oxygen atoms in total. The Morgan fingerprint density at radius 1 is 1.14 bits per heavy atom. The van der Waals surface area contributed by atoms with Gasteiger partial charge >= 0.3 is 0 Å². The molecular weight excluding hydrogens is 269 g/mol. The molecule has 0 fully saturated rings. The molecule has 0 aliphatic heterocycles. The minimum absolute atomic E-state index is 0.115. The number of fused-ring (bicyclic) bond motifs is 1. The zero-order valence-electron chi connectivity index (χ0n) is 11.9. The Morgan fingerprint density at radius 3 is 2.76 bits per heavy atom. The van der Waals surface area contributed by atoms with Crippen molar-refractivity contribution in [2.45, 2.75) is 6.04 Å². The van der Waals surface area contributed by atoms with Crippen molar-refractivity contribution in [3.63, 3.8) is 0 Å². The van der Waals surface area contributed by atoms with E-state index >= 15 is 0 Å². The first-order valence-corrected chi connectivity index (χ1v) is 6.71. The number of halogens is 1. The van der Waals surface area contributed by atoms with Crippen LogP contribution in [-0.4, -0.2) is 14.2 Å². The van der Waals surface area contributed by atoms with Crippen LogP contribution in [0.4, 0.5) is 4.39 Å². The van der Waals surface area contributed by atoms with Gasteiger partial charge in [0.25, 0.3) is 0 Å². The highest BCUT2D eigenvalue weighted by atomic mass is 19.1. The maximum atomic E-state index is 13.3. The molecular formula is C17H16FNO2.